The number of halogens is 2. The van der Waals surface area contributed by atoms with Gasteiger partial charge in [-0.2, -0.15) is 0 Å². The van der Waals surface area contributed by atoms with E-state index in [1.807, 2.05) is 6.07 Å². The van der Waals surface area contributed by atoms with Gasteiger partial charge < -0.3 is 4.74 Å². The molecule has 1 rings (SSSR count). The van der Waals surface area contributed by atoms with Crippen molar-refractivity contribution in [3.05, 3.63) is 46.0 Å². The van der Waals surface area contributed by atoms with Gasteiger partial charge in [-0.3, -0.25) is 0 Å². The highest BCUT2D eigenvalue weighted by atomic mass is 35.5. The average molecular weight is 245 g/mol. The smallest absolute Gasteiger partial charge is 0.338 e. The number of hydrogen-bond donors (Lipinski definition) is 0. The van der Waals surface area contributed by atoms with Gasteiger partial charge >= 0.3 is 5.97 Å². The van der Waals surface area contributed by atoms with Crippen LogP contribution in [0.3, 0.4) is 0 Å². The van der Waals surface area contributed by atoms with Gasteiger partial charge in [-0.25, -0.2) is 4.79 Å². The average Bonchev–Trinajstić information content (AvgIpc) is 2.26. The van der Waals surface area contributed by atoms with Crippen molar-refractivity contribution in [2.45, 2.75) is 6.92 Å². The molecule has 0 heterocycles. The maximum atomic E-state index is 11.4. The van der Waals surface area contributed by atoms with Crippen LogP contribution >= 0.6 is 23.2 Å². The number of rotatable bonds is 3. The third-order valence-electron chi connectivity index (χ3n) is 1.75. The molecule has 0 bridgehead atoms. The normalized spacial score (nSPS) is 9.53. The Hall–Kier alpha value is -0.990. The van der Waals surface area contributed by atoms with Crippen molar-refractivity contribution >= 4 is 29.2 Å². The van der Waals surface area contributed by atoms with Crippen LogP contribution in [0.4, 0.5) is 0 Å². The molecule has 0 atom stereocenters. The number of hydrogen-bond acceptors (Lipinski definition) is 2. The Morgan fingerprint density at radius 2 is 1.87 bits per heavy atom. The van der Waals surface area contributed by atoms with E-state index in [-0.39, 0.29) is 17.1 Å². The molecular formula is C11H10Cl2O2. The van der Waals surface area contributed by atoms with Gasteiger partial charge in [0, 0.05) is 0 Å². The summed E-state index contributed by atoms with van der Waals surface area (Å²) in [4.78, 5) is 11.4. The fraction of sp³-hybridized carbons (Fsp3) is 0.182. The van der Waals surface area contributed by atoms with Crippen LogP contribution in [0.25, 0.3) is 0 Å². The first-order valence-electron chi connectivity index (χ1n) is 4.34. The molecule has 0 radical (unpaired) electrons. The van der Waals surface area contributed by atoms with Crippen molar-refractivity contribution in [2.75, 3.05) is 6.61 Å². The lowest BCUT2D eigenvalue weighted by Gasteiger charge is -2.04. The molecule has 0 N–H and O–H groups in total. The molecule has 0 spiro atoms. The number of benzene rings is 1. The third-order valence-corrected chi connectivity index (χ3v) is 2.40. The summed E-state index contributed by atoms with van der Waals surface area (Å²) in [6, 6.07) is 8.74. The third kappa shape index (κ3) is 3.94. The molecule has 0 aliphatic rings. The van der Waals surface area contributed by atoms with Gasteiger partial charge in [0.2, 0.25) is 0 Å². The van der Waals surface area contributed by atoms with E-state index in [1.54, 1.807) is 31.2 Å². The van der Waals surface area contributed by atoms with E-state index in [1.165, 1.54) is 0 Å². The predicted molar refractivity (Wildman–Crippen MR) is 61.1 cm³/mol. The highest BCUT2D eigenvalue weighted by Gasteiger charge is 2.06. The maximum Gasteiger partial charge on any atom is 0.338 e. The summed E-state index contributed by atoms with van der Waals surface area (Å²) < 4.78 is 5.12. The molecule has 0 aliphatic carbocycles. The second-order valence-corrected chi connectivity index (χ2v) is 3.93. The Morgan fingerprint density at radius 3 is 2.40 bits per heavy atom. The number of ether oxygens (including phenoxy) is 1. The molecule has 1 aromatic rings. The Morgan fingerprint density at radius 1 is 1.27 bits per heavy atom. The van der Waals surface area contributed by atoms with Crippen LogP contribution in [0, 0.1) is 0 Å². The molecule has 0 saturated carbocycles. The van der Waals surface area contributed by atoms with Crippen molar-refractivity contribution in [3.63, 3.8) is 0 Å². The minimum absolute atomic E-state index is 0.107. The molecule has 0 unspecified atom stereocenters. The first-order valence-corrected chi connectivity index (χ1v) is 5.10. The van der Waals surface area contributed by atoms with Crippen LogP contribution in [0.2, 0.25) is 0 Å². The molecule has 15 heavy (non-hydrogen) atoms. The van der Waals surface area contributed by atoms with Gasteiger partial charge in [-0.05, 0) is 24.6 Å². The van der Waals surface area contributed by atoms with Gasteiger partial charge in [0.15, 0.2) is 0 Å². The molecular weight excluding hydrogens is 235 g/mol. The van der Waals surface area contributed by atoms with Crippen LogP contribution in [0.5, 0.6) is 0 Å². The van der Waals surface area contributed by atoms with Crippen molar-refractivity contribution in [1.82, 2.24) is 0 Å². The SMILES string of the molecule is CC(COC(=O)c1ccccc1)=C(Cl)Cl. The van der Waals surface area contributed by atoms with Crippen LogP contribution in [-0.2, 0) is 4.74 Å². The molecule has 0 saturated heterocycles. The summed E-state index contributed by atoms with van der Waals surface area (Å²) in [7, 11) is 0. The summed E-state index contributed by atoms with van der Waals surface area (Å²) in [5.74, 6) is -0.385. The van der Waals surface area contributed by atoms with Crippen LogP contribution in [0.1, 0.15) is 17.3 Å². The van der Waals surface area contributed by atoms with Crippen molar-refractivity contribution < 1.29 is 9.53 Å². The molecule has 1 aromatic carbocycles. The van der Waals surface area contributed by atoms with E-state index in [0.717, 1.165) is 0 Å². The highest BCUT2D eigenvalue weighted by Crippen LogP contribution is 2.14. The predicted octanol–water partition coefficient (Wildman–Crippen LogP) is 3.55. The zero-order valence-electron chi connectivity index (χ0n) is 8.17. The van der Waals surface area contributed by atoms with E-state index < -0.39 is 0 Å². The lowest BCUT2D eigenvalue weighted by Crippen LogP contribution is -2.07. The zero-order valence-corrected chi connectivity index (χ0v) is 9.68. The zero-order chi connectivity index (χ0) is 11.3. The topological polar surface area (TPSA) is 26.3 Å². The highest BCUT2D eigenvalue weighted by molar-refractivity contribution is 6.56. The Kier molecular flexibility index (Phi) is 4.66. The molecule has 0 fully saturated rings. The molecule has 80 valence electrons. The molecule has 0 aromatic heterocycles. The van der Waals surface area contributed by atoms with E-state index in [2.05, 4.69) is 0 Å². The van der Waals surface area contributed by atoms with E-state index >= 15 is 0 Å². The summed E-state index contributed by atoms with van der Waals surface area (Å²) in [6.07, 6.45) is 0. The molecule has 0 aliphatic heterocycles. The maximum absolute atomic E-state index is 11.4. The Labute approximate surface area is 98.4 Å². The van der Waals surface area contributed by atoms with Gasteiger partial charge in [-0.15, -0.1) is 0 Å². The lowest BCUT2D eigenvalue weighted by molar-refractivity contribution is 0.0540. The number of carbonyl (C=O) groups is 1. The quantitative estimate of drug-likeness (QED) is 0.761. The van der Waals surface area contributed by atoms with Crippen molar-refractivity contribution in [2.24, 2.45) is 0 Å². The van der Waals surface area contributed by atoms with Gasteiger partial charge in [0.25, 0.3) is 0 Å². The molecule has 2 nitrogen and oxygen atoms in total. The molecule has 4 heteroatoms. The van der Waals surface area contributed by atoms with Crippen LogP contribution in [-0.4, -0.2) is 12.6 Å². The van der Waals surface area contributed by atoms with Gasteiger partial charge in [-0.1, -0.05) is 41.4 Å². The Balaban J connectivity index is 2.55. The van der Waals surface area contributed by atoms with Gasteiger partial charge in [0.05, 0.1) is 5.56 Å². The minimum atomic E-state index is -0.385. The first kappa shape index (κ1) is 12.1. The van der Waals surface area contributed by atoms with E-state index in [4.69, 9.17) is 27.9 Å². The lowest BCUT2D eigenvalue weighted by atomic mass is 10.2. The van der Waals surface area contributed by atoms with E-state index in [0.29, 0.717) is 11.1 Å². The summed E-state index contributed by atoms with van der Waals surface area (Å²) >= 11 is 11.0. The minimum Gasteiger partial charge on any atom is -0.457 e. The van der Waals surface area contributed by atoms with E-state index in [9.17, 15) is 4.79 Å². The molecule has 0 amide bonds. The monoisotopic (exact) mass is 244 g/mol. The van der Waals surface area contributed by atoms with Crippen molar-refractivity contribution in [3.8, 4) is 0 Å². The summed E-state index contributed by atoms with van der Waals surface area (Å²) in [5, 5.41) is 0. The number of esters is 1. The second kappa shape index (κ2) is 5.79. The fourth-order valence-corrected chi connectivity index (χ4v) is 0.995. The largest absolute Gasteiger partial charge is 0.457 e. The standard InChI is InChI=1S/C11H10Cl2O2/c1-8(10(12)13)7-15-11(14)9-5-3-2-4-6-9/h2-6H,7H2,1H3. The van der Waals surface area contributed by atoms with Crippen LogP contribution < -0.4 is 0 Å². The summed E-state index contributed by atoms with van der Waals surface area (Å²) in [6.45, 7) is 1.81. The van der Waals surface area contributed by atoms with Gasteiger partial charge in [0.1, 0.15) is 11.1 Å². The Bertz CT molecular complexity index is 367. The summed E-state index contributed by atoms with van der Waals surface area (Å²) in [5.41, 5.74) is 1.14. The van der Waals surface area contributed by atoms with Crippen molar-refractivity contribution in [1.29, 1.82) is 0 Å². The number of carbonyl (C=O) groups excluding carboxylic acids is 1. The fourth-order valence-electron chi connectivity index (χ4n) is 0.886. The van der Waals surface area contributed by atoms with Crippen LogP contribution in [0.15, 0.2) is 40.4 Å². The second-order valence-electron chi connectivity index (χ2n) is 2.98. The first-order chi connectivity index (χ1) is 7.11.